The van der Waals surface area contributed by atoms with Gasteiger partial charge in [0.05, 0.1) is 6.61 Å². The number of aliphatic carboxylic acids is 1. The Balaban J connectivity index is 4.02. The summed E-state index contributed by atoms with van der Waals surface area (Å²) >= 11 is 0. The number of methoxy groups -OCH3 is 1. The van der Waals surface area contributed by atoms with Gasteiger partial charge in [-0.05, 0) is 6.42 Å². The molecule has 0 aliphatic rings. The number of amides is 3. The Morgan fingerprint density at radius 1 is 1.41 bits per heavy atom. The average Bonchev–Trinajstić information content (AvgIpc) is 2.23. The molecule has 3 amide bonds. The summed E-state index contributed by atoms with van der Waals surface area (Å²) in [6.45, 7) is 0.594. The van der Waals surface area contributed by atoms with Gasteiger partial charge >= 0.3 is 12.0 Å². The zero-order valence-corrected chi connectivity index (χ0v) is 9.56. The van der Waals surface area contributed by atoms with Crippen LogP contribution in [0.5, 0.6) is 0 Å². The standard InChI is InChI=1S/C9H17N3O5/c1-17-5-4-11-9(16)12-6(8(14)15)2-3-7(10)13/h6H,2-5H2,1H3,(H2,10,13)(H,14,15)(H2,11,12,16)/t6-/m0/s1. The third-order valence-corrected chi connectivity index (χ3v) is 1.87. The first-order chi connectivity index (χ1) is 7.97. The first kappa shape index (κ1) is 15.2. The van der Waals surface area contributed by atoms with E-state index in [-0.39, 0.29) is 19.4 Å². The number of urea groups is 1. The molecular weight excluding hydrogens is 230 g/mol. The number of rotatable bonds is 8. The summed E-state index contributed by atoms with van der Waals surface area (Å²) < 4.78 is 4.70. The molecule has 0 saturated carbocycles. The summed E-state index contributed by atoms with van der Waals surface area (Å²) in [6.07, 6.45) is -0.141. The predicted octanol–water partition coefficient (Wildman–Crippen LogP) is -1.35. The summed E-state index contributed by atoms with van der Waals surface area (Å²) in [5.41, 5.74) is 4.89. The minimum Gasteiger partial charge on any atom is -0.480 e. The molecule has 0 unspecified atom stereocenters. The number of carbonyl (C=O) groups is 3. The van der Waals surface area contributed by atoms with E-state index in [1.165, 1.54) is 7.11 Å². The van der Waals surface area contributed by atoms with E-state index in [9.17, 15) is 14.4 Å². The SMILES string of the molecule is COCCNC(=O)N[C@@H](CCC(N)=O)C(=O)O. The summed E-state index contributed by atoms with van der Waals surface area (Å²) in [4.78, 5) is 32.5. The molecule has 0 rings (SSSR count). The average molecular weight is 247 g/mol. The van der Waals surface area contributed by atoms with E-state index in [4.69, 9.17) is 15.6 Å². The van der Waals surface area contributed by atoms with Gasteiger partial charge in [0.2, 0.25) is 5.91 Å². The van der Waals surface area contributed by atoms with Crippen molar-refractivity contribution in [1.29, 1.82) is 0 Å². The van der Waals surface area contributed by atoms with Gasteiger partial charge < -0.3 is 26.2 Å². The molecule has 0 aliphatic carbocycles. The maximum atomic E-state index is 11.2. The monoisotopic (exact) mass is 247 g/mol. The summed E-state index contributed by atoms with van der Waals surface area (Å²) in [5.74, 6) is -1.83. The van der Waals surface area contributed by atoms with Crippen molar-refractivity contribution in [2.45, 2.75) is 18.9 Å². The van der Waals surface area contributed by atoms with Crippen LogP contribution in [0.25, 0.3) is 0 Å². The molecule has 0 heterocycles. The molecule has 0 aromatic rings. The highest BCUT2D eigenvalue weighted by molar-refractivity contribution is 5.83. The normalized spacial score (nSPS) is 11.6. The van der Waals surface area contributed by atoms with Crippen LogP contribution in [0.1, 0.15) is 12.8 Å². The van der Waals surface area contributed by atoms with E-state index in [1.54, 1.807) is 0 Å². The van der Waals surface area contributed by atoms with Crippen LogP contribution in [-0.4, -0.2) is 49.3 Å². The molecule has 8 nitrogen and oxygen atoms in total. The van der Waals surface area contributed by atoms with E-state index < -0.39 is 23.9 Å². The molecule has 0 aromatic carbocycles. The number of carbonyl (C=O) groups excluding carboxylic acids is 2. The molecule has 0 saturated heterocycles. The third kappa shape index (κ3) is 8.03. The van der Waals surface area contributed by atoms with Gasteiger partial charge in [0.15, 0.2) is 0 Å². The predicted molar refractivity (Wildman–Crippen MR) is 58.3 cm³/mol. The number of primary amides is 1. The molecule has 0 spiro atoms. The number of hydrogen-bond acceptors (Lipinski definition) is 4. The second-order valence-corrected chi connectivity index (χ2v) is 3.29. The van der Waals surface area contributed by atoms with Crippen molar-refractivity contribution < 1.29 is 24.2 Å². The molecule has 0 fully saturated rings. The highest BCUT2D eigenvalue weighted by Gasteiger charge is 2.20. The Bertz CT molecular complexity index is 282. The molecule has 8 heteroatoms. The molecule has 5 N–H and O–H groups in total. The van der Waals surface area contributed by atoms with Crippen LogP contribution in [-0.2, 0) is 14.3 Å². The smallest absolute Gasteiger partial charge is 0.326 e. The Hall–Kier alpha value is -1.83. The van der Waals surface area contributed by atoms with Crippen LogP contribution in [0.2, 0.25) is 0 Å². The van der Waals surface area contributed by atoms with Crippen molar-refractivity contribution >= 4 is 17.9 Å². The van der Waals surface area contributed by atoms with Gasteiger partial charge in [-0.3, -0.25) is 4.79 Å². The van der Waals surface area contributed by atoms with Gasteiger partial charge in [-0.15, -0.1) is 0 Å². The molecule has 0 aliphatic heterocycles. The Kier molecular flexibility index (Phi) is 7.44. The molecule has 0 aromatic heterocycles. The van der Waals surface area contributed by atoms with Crippen LogP contribution < -0.4 is 16.4 Å². The highest BCUT2D eigenvalue weighted by Crippen LogP contribution is 1.97. The lowest BCUT2D eigenvalue weighted by Gasteiger charge is -2.14. The van der Waals surface area contributed by atoms with E-state index in [2.05, 4.69) is 10.6 Å². The summed E-state index contributed by atoms with van der Waals surface area (Å²) in [7, 11) is 1.48. The van der Waals surface area contributed by atoms with Gasteiger partial charge in [-0.1, -0.05) is 0 Å². The van der Waals surface area contributed by atoms with Gasteiger partial charge in [0, 0.05) is 20.1 Å². The zero-order chi connectivity index (χ0) is 13.3. The summed E-state index contributed by atoms with van der Waals surface area (Å²) in [6, 6.07) is -1.76. The second kappa shape index (κ2) is 8.34. The van der Waals surface area contributed by atoms with Gasteiger partial charge in [0.1, 0.15) is 6.04 Å². The minimum absolute atomic E-state index is 0.0393. The lowest BCUT2D eigenvalue weighted by molar-refractivity contribution is -0.139. The van der Waals surface area contributed by atoms with Crippen LogP contribution in [0.15, 0.2) is 0 Å². The topological polar surface area (TPSA) is 131 Å². The Labute approximate surface area is 98.5 Å². The lowest BCUT2D eigenvalue weighted by Crippen LogP contribution is -2.47. The third-order valence-electron chi connectivity index (χ3n) is 1.87. The molecule has 17 heavy (non-hydrogen) atoms. The molecule has 0 bridgehead atoms. The number of carboxylic acids is 1. The van der Waals surface area contributed by atoms with Crippen LogP contribution in [0.4, 0.5) is 4.79 Å². The fraction of sp³-hybridized carbons (Fsp3) is 0.667. The van der Waals surface area contributed by atoms with Gasteiger partial charge in [-0.2, -0.15) is 0 Å². The van der Waals surface area contributed by atoms with Crippen molar-refractivity contribution in [3.05, 3.63) is 0 Å². The van der Waals surface area contributed by atoms with E-state index in [1.807, 2.05) is 0 Å². The first-order valence-electron chi connectivity index (χ1n) is 5.01. The fourth-order valence-electron chi connectivity index (χ4n) is 1.02. The maximum Gasteiger partial charge on any atom is 0.326 e. The minimum atomic E-state index is -1.21. The number of nitrogens with two attached hydrogens (primary N) is 1. The highest BCUT2D eigenvalue weighted by atomic mass is 16.5. The summed E-state index contributed by atoms with van der Waals surface area (Å²) in [5, 5.41) is 13.4. The van der Waals surface area contributed by atoms with Gasteiger partial charge in [-0.25, -0.2) is 9.59 Å². The first-order valence-corrected chi connectivity index (χ1v) is 5.01. The van der Waals surface area contributed by atoms with Crippen molar-refractivity contribution in [2.24, 2.45) is 5.73 Å². The Morgan fingerprint density at radius 2 is 2.06 bits per heavy atom. The molecular formula is C9H17N3O5. The largest absolute Gasteiger partial charge is 0.480 e. The van der Waals surface area contributed by atoms with Crippen molar-refractivity contribution in [3.63, 3.8) is 0 Å². The van der Waals surface area contributed by atoms with Crippen molar-refractivity contribution in [3.8, 4) is 0 Å². The number of carboxylic acid groups (broad SMARTS) is 1. The van der Waals surface area contributed by atoms with Crippen LogP contribution in [0, 0.1) is 0 Å². The molecule has 1 atom stereocenters. The molecule has 0 radical (unpaired) electrons. The van der Waals surface area contributed by atoms with Crippen molar-refractivity contribution in [2.75, 3.05) is 20.3 Å². The maximum absolute atomic E-state index is 11.2. The fourth-order valence-corrected chi connectivity index (χ4v) is 1.02. The Morgan fingerprint density at radius 3 is 2.53 bits per heavy atom. The quantitative estimate of drug-likeness (QED) is 0.394. The second-order valence-electron chi connectivity index (χ2n) is 3.29. The van der Waals surface area contributed by atoms with E-state index in [0.717, 1.165) is 0 Å². The van der Waals surface area contributed by atoms with E-state index in [0.29, 0.717) is 6.61 Å². The van der Waals surface area contributed by atoms with Crippen molar-refractivity contribution in [1.82, 2.24) is 10.6 Å². The lowest BCUT2D eigenvalue weighted by atomic mass is 10.1. The van der Waals surface area contributed by atoms with E-state index >= 15 is 0 Å². The zero-order valence-electron chi connectivity index (χ0n) is 9.56. The number of nitrogens with one attached hydrogen (secondary N) is 2. The number of ether oxygens (including phenoxy) is 1. The van der Waals surface area contributed by atoms with Crippen LogP contribution in [0.3, 0.4) is 0 Å². The molecule has 98 valence electrons. The number of hydrogen-bond donors (Lipinski definition) is 4. The van der Waals surface area contributed by atoms with Gasteiger partial charge in [0.25, 0.3) is 0 Å². The van der Waals surface area contributed by atoms with Crippen LogP contribution >= 0.6 is 0 Å².